The highest BCUT2D eigenvalue weighted by molar-refractivity contribution is 8.26. The number of aromatic nitrogens is 2. The molecule has 11 heteroatoms. The van der Waals surface area contributed by atoms with E-state index in [2.05, 4.69) is 0 Å². The molecule has 44 heavy (non-hydrogen) atoms. The lowest BCUT2D eigenvalue weighted by atomic mass is 10.1. The molecule has 6 rings (SSSR count). The molecule has 0 bridgehead atoms. The van der Waals surface area contributed by atoms with Crippen molar-refractivity contribution in [2.24, 2.45) is 0 Å². The van der Waals surface area contributed by atoms with Crippen LogP contribution in [0, 0.1) is 6.92 Å². The molecule has 2 fully saturated rings. The largest absolute Gasteiger partial charge is 0.373 e. The molecule has 8 nitrogen and oxygen atoms in total. The summed E-state index contributed by atoms with van der Waals surface area (Å²) in [7, 11) is -3.77. The van der Waals surface area contributed by atoms with Gasteiger partial charge in [0.1, 0.15) is 10.0 Å². The molecule has 3 heterocycles. The molecule has 0 N–H and O–H groups in total. The number of morpholine rings is 1. The van der Waals surface area contributed by atoms with Crippen LogP contribution in [-0.4, -0.2) is 62.9 Å². The van der Waals surface area contributed by atoms with Crippen molar-refractivity contribution < 1.29 is 17.9 Å². The molecule has 0 aliphatic carbocycles. The van der Waals surface area contributed by atoms with Crippen LogP contribution >= 0.6 is 24.0 Å². The number of benzene rings is 3. The number of hydrogen-bond acceptors (Lipinski definition) is 7. The van der Waals surface area contributed by atoms with Gasteiger partial charge >= 0.3 is 0 Å². The van der Waals surface area contributed by atoms with E-state index < -0.39 is 10.0 Å². The fourth-order valence-electron chi connectivity index (χ4n) is 5.36. The number of rotatable bonds is 7. The van der Waals surface area contributed by atoms with Crippen molar-refractivity contribution in [1.29, 1.82) is 0 Å². The Morgan fingerprint density at radius 2 is 1.70 bits per heavy atom. The maximum absolute atomic E-state index is 13.7. The number of carbonyl (C=O) groups is 1. The summed E-state index contributed by atoms with van der Waals surface area (Å²) >= 11 is 6.86. The van der Waals surface area contributed by atoms with Gasteiger partial charge in [0.05, 0.1) is 34.2 Å². The highest BCUT2D eigenvalue weighted by Crippen LogP contribution is 2.36. The fraction of sp³-hybridized carbons (Fsp3) is 0.242. The van der Waals surface area contributed by atoms with Crippen molar-refractivity contribution in [3.8, 4) is 16.9 Å². The van der Waals surface area contributed by atoms with Gasteiger partial charge in [-0.1, -0.05) is 84.1 Å². The average Bonchev–Trinajstić information content (AvgIpc) is 3.54. The Morgan fingerprint density at radius 3 is 2.41 bits per heavy atom. The molecule has 2 atom stereocenters. The lowest BCUT2D eigenvalue weighted by Crippen LogP contribution is -2.48. The van der Waals surface area contributed by atoms with Gasteiger partial charge in [-0.05, 0) is 56.7 Å². The predicted octanol–water partition coefficient (Wildman–Crippen LogP) is 6.05. The van der Waals surface area contributed by atoms with Crippen molar-refractivity contribution in [2.45, 2.75) is 44.4 Å². The average molecular weight is 645 g/mol. The van der Waals surface area contributed by atoms with Crippen LogP contribution in [0.2, 0.25) is 0 Å². The molecule has 0 spiro atoms. The van der Waals surface area contributed by atoms with Crippen LogP contribution in [0.5, 0.6) is 0 Å². The quantitative estimate of drug-likeness (QED) is 0.179. The van der Waals surface area contributed by atoms with E-state index in [-0.39, 0.29) is 36.1 Å². The first-order valence-corrected chi connectivity index (χ1v) is 17.0. The topological polar surface area (TPSA) is 84.7 Å². The summed E-state index contributed by atoms with van der Waals surface area (Å²) in [4.78, 5) is 15.8. The van der Waals surface area contributed by atoms with E-state index in [0.717, 1.165) is 16.8 Å². The first-order valence-electron chi connectivity index (χ1n) is 14.3. The zero-order valence-corrected chi connectivity index (χ0v) is 27.0. The van der Waals surface area contributed by atoms with Gasteiger partial charge in [-0.3, -0.25) is 9.69 Å². The third-order valence-electron chi connectivity index (χ3n) is 7.52. The summed E-state index contributed by atoms with van der Waals surface area (Å²) in [6.45, 7) is 6.73. The smallest absolute Gasteiger partial charge is 0.266 e. The highest BCUT2D eigenvalue weighted by Gasteiger charge is 2.34. The summed E-state index contributed by atoms with van der Waals surface area (Å²) in [5.74, 6) is -0.175. The number of para-hydroxylation sites is 1. The molecule has 1 aromatic heterocycles. The van der Waals surface area contributed by atoms with Gasteiger partial charge in [0.2, 0.25) is 10.0 Å². The minimum absolute atomic E-state index is 0.175. The van der Waals surface area contributed by atoms with Crippen LogP contribution in [0.1, 0.15) is 30.5 Å². The normalized spacial score (nSPS) is 20.5. The molecule has 2 aliphatic rings. The Bertz CT molecular complexity index is 1840. The Labute approximate surface area is 267 Å². The van der Waals surface area contributed by atoms with Crippen molar-refractivity contribution in [3.05, 3.63) is 107 Å². The third-order valence-corrected chi connectivity index (χ3v) is 10.7. The van der Waals surface area contributed by atoms with Crippen LogP contribution in [0.25, 0.3) is 23.0 Å². The number of thioether (sulfide) groups is 1. The standard InChI is InChI=1S/C33H32N4O4S3/c1-22-12-14-25(15-13-22)20-36-32(38)30(43-33(36)42)17-27-21-37(28-9-5-4-6-10-28)34-31(27)26-8-7-11-29(16-26)44(39,40)35-18-23(2)41-24(3)19-35/h4-17,21,23-24H,18-20H2,1-3H3/b30-17-. The number of ether oxygens (including phenoxy) is 1. The summed E-state index contributed by atoms with van der Waals surface area (Å²) in [5, 5.41) is 4.87. The van der Waals surface area contributed by atoms with Gasteiger partial charge in [-0.25, -0.2) is 13.1 Å². The van der Waals surface area contributed by atoms with E-state index in [1.165, 1.54) is 16.1 Å². The number of aryl methyl sites for hydroxylation is 1. The Hall–Kier alpha value is -3.61. The molecule has 4 aromatic rings. The first kappa shape index (κ1) is 30.4. The van der Waals surface area contributed by atoms with E-state index in [4.69, 9.17) is 22.1 Å². The van der Waals surface area contributed by atoms with Gasteiger partial charge in [-0.15, -0.1) is 0 Å². The second-order valence-electron chi connectivity index (χ2n) is 11.1. The van der Waals surface area contributed by atoms with Crippen LogP contribution in [0.15, 0.2) is 94.9 Å². The van der Waals surface area contributed by atoms with E-state index in [9.17, 15) is 13.2 Å². The third kappa shape index (κ3) is 6.29. The number of nitrogens with zero attached hydrogens (tertiary/aromatic N) is 4. The number of thiocarbonyl (C=S) groups is 1. The summed E-state index contributed by atoms with van der Waals surface area (Å²) in [5.41, 5.74) is 4.82. The molecule has 1 amide bonds. The van der Waals surface area contributed by atoms with Crippen molar-refractivity contribution in [3.63, 3.8) is 0 Å². The molecule has 2 saturated heterocycles. The Kier molecular flexibility index (Phi) is 8.58. The highest BCUT2D eigenvalue weighted by atomic mass is 32.2. The fourth-order valence-corrected chi connectivity index (χ4v) is 8.25. The van der Waals surface area contributed by atoms with Crippen molar-refractivity contribution >= 4 is 50.3 Å². The van der Waals surface area contributed by atoms with Crippen LogP contribution in [-0.2, 0) is 26.1 Å². The zero-order chi connectivity index (χ0) is 31.0. The monoisotopic (exact) mass is 644 g/mol. The zero-order valence-electron chi connectivity index (χ0n) is 24.6. The minimum Gasteiger partial charge on any atom is -0.373 e. The second kappa shape index (κ2) is 12.4. The van der Waals surface area contributed by atoms with Gasteiger partial charge in [0.25, 0.3) is 5.91 Å². The van der Waals surface area contributed by atoms with Crippen LogP contribution in [0.4, 0.5) is 0 Å². The molecule has 3 aromatic carbocycles. The SMILES string of the molecule is Cc1ccc(CN2C(=O)/C(=C/c3cn(-c4ccccc4)nc3-c3cccc(S(=O)(=O)N4CC(C)OC(C)C4)c3)SC2=S)cc1. The van der Waals surface area contributed by atoms with Gasteiger partial charge < -0.3 is 4.74 Å². The molecule has 2 aliphatic heterocycles. The Morgan fingerprint density at radius 1 is 1.00 bits per heavy atom. The summed E-state index contributed by atoms with van der Waals surface area (Å²) in [6, 6.07) is 24.5. The van der Waals surface area contributed by atoms with E-state index in [0.29, 0.717) is 32.6 Å². The lowest BCUT2D eigenvalue weighted by molar-refractivity contribution is -0.122. The van der Waals surface area contributed by atoms with E-state index in [1.807, 2.05) is 87.6 Å². The lowest BCUT2D eigenvalue weighted by Gasteiger charge is -2.34. The maximum atomic E-state index is 13.7. The Balaban J connectivity index is 1.37. The van der Waals surface area contributed by atoms with Gasteiger partial charge in [0.15, 0.2) is 0 Å². The van der Waals surface area contributed by atoms with Gasteiger partial charge in [-0.2, -0.15) is 9.40 Å². The van der Waals surface area contributed by atoms with Crippen molar-refractivity contribution in [2.75, 3.05) is 13.1 Å². The molecule has 0 saturated carbocycles. The summed E-state index contributed by atoms with van der Waals surface area (Å²) in [6.07, 6.45) is 3.25. The number of hydrogen-bond donors (Lipinski definition) is 0. The van der Waals surface area contributed by atoms with Crippen LogP contribution in [0.3, 0.4) is 0 Å². The van der Waals surface area contributed by atoms with E-state index >= 15 is 0 Å². The van der Waals surface area contributed by atoms with E-state index in [1.54, 1.807) is 33.9 Å². The molecular weight excluding hydrogens is 613 g/mol. The first-order chi connectivity index (χ1) is 21.1. The maximum Gasteiger partial charge on any atom is 0.266 e. The second-order valence-corrected chi connectivity index (χ2v) is 14.7. The number of sulfonamides is 1. The van der Waals surface area contributed by atoms with Crippen molar-refractivity contribution in [1.82, 2.24) is 19.0 Å². The summed E-state index contributed by atoms with van der Waals surface area (Å²) < 4.78 is 36.9. The predicted molar refractivity (Wildman–Crippen MR) is 178 cm³/mol. The minimum atomic E-state index is -3.77. The van der Waals surface area contributed by atoms with Crippen LogP contribution < -0.4 is 0 Å². The molecular formula is C33H32N4O4S3. The number of carbonyl (C=O) groups excluding carboxylic acids is 1. The molecule has 0 radical (unpaired) electrons. The van der Waals surface area contributed by atoms with Gasteiger partial charge in [0, 0.05) is 30.4 Å². The number of amides is 1. The molecule has 2 unspecified atom stereocenters. The molecule has 226 valence electrons.